The Hall–Kier alpha value is -3.68. The van der Waals surface area contributed by atoms with Gasteiger partial charge < -0.3 is 23.9 Å². The van der Waals surface area contributed by atoms with E-state index < -0.39 is 11.3 Å². The van der Waals surface area contributed by atoms with Gasteiger partial charge in [0.15, 0.2) is 17.5 Å². The summed E-state index contributed by atoms with van der Waals surface area (Å²) < 4.78 is 24.2. The molecule has 34 heavy (non-hydrogen) atoms. The van der Waals surface area contributed by atoms with Crippen molar-refractivity contribution in [2.24, 2.45) is 0 Å². The summed E-state index contributed by atoms with van der Waals surface area (Å²) in [6.45, 7) is 4.31. The molecule has 1 unspecified atom stereocenters. The van der Waals surface area contributed by atoms with E-state index in [9.17, 15) is 4.79 Å². The third-order valence-electron chi connectivity index (χ3n) is 6.36. The van der Waals surface area contributed by atoms with E-state index in [1.165, 1.54) is 0 Å². The molecular weight excluding hydrogens is 432 g/mol. The fraction of sp³-hybridized carbons (Fsp3) is 0.259. The average Bonchev–Trinajstić information content (AvgIpc) is 3.49. The van der Waals surface area contributed by atoms with Gasteiger partial charge in [-0.1, -0.05) is 42.5 Å². The van der Waals surface area contributed by atoms with Gasteiger partial charge in [0.1, 0.15) is 16.9 Å². The first kappa shape index (κ1) is 22.1. The molecule has 0 amide bonds. The van der Waals surface area contributed by atoms with Crippen LogP contribution in [0.1, 0.15) is 35.3 Å². The maximum Gasteiger partial charge on any atom is 0.197 e. The van der Waals surface area contributed by atoms with Crippen molar-refractivity contribution in [3.05, 3.63) is 89.7 Å². The molecule has 1 aliphatic rings. The predicted octanol–water partition coefficient (Wildman–Crippen LogP) is 5.16. The second-order valence-electron chi connectivity index (χ2n) is 8.41. The van der Waals surface area contributed by atoms with Crippen LogP contribution in [-0.4, -0.2) is 36.9 Å². The molecule has 4 aromatic rings. The third kappa shape index (κ3) is 3.63. The number of nitrogens with zero attached hydrogens (tertiary/aromatic N) is 1. The molecule has 2 aromatic carbocycles. The molecule has 7 nitrogen and oxygen atoms in total. The van der Waals surface area contributed by atoms with Crippen molar-refractivity contribution in [1.29, 1.82) is 0 Å². The highest BCUT2D eigenvalue weighted by atomic mass is 16.7. The van der Waals surface area contributed by atoms with Gasteiger partial charge in [-0.15, -0.1) is 0 Å². The van der Waals surface area contributed by atoms with Gasteiger partial charge in [0.25, 0.3) is 0 Å². The number of hydrogen-bond acceptors (Lipinski definition) is 7. The molecule has 174 valence electrons. The number of ether oxygens (including phenoxy) is 3. The lowest BCUT2D eigenvalue weighted by atomic mass is 9.76. The number of ketones is 1. The van der Waals surface area contributed by atoms with Crippen molar-refractivity contribution in [3.63, 3.8) is 0 Å². The summed E-state index contributed by atoms with van der Waals surface area (Å²) in [5.74, 6) is -0.00200. The molecule has 0 spiro atoms. The zero-order valence-electron chi connectivity index (χ0n) is 19.3. The number of fused-ring (bicyclic) bond motifs is 1. The third-order valence-corrected chi connectivity index (χ3v) is 6.36. The van der Waals surface area contributed by atoms with E-state index in [1.807, 2.05) is 55.5 Å². The molecule has 3 heterocycles. The van der Waals surface area contributed by atoms with Crippen molar-refractivity contribution in [3.8, 4) is 5.75 Å². The van der Waals surface area contributed by atoms with Crippen LogP contribution < -0.4 is 10.1 Å². The summed E-state index contributed by atoms with van der Waals surface area (Å²) in [4.78, 5) is 16.4. The summed E-state index contributed by atoms with van der Waals surface area (Å²) >= 11 is 0. The van der Waals surface area contributed by atoms with E-state index in [0.717, 1.165) is 22.1 Å². The molecule has 1 fully saturated rings. The van der Waals surface area contributed by atoms with Gasteiger partial charge in [-0.25, -0.2) is 0 Å². The molecule has 2 aromatic heterocycles. The van der Waals surface area contributed by atoms with E-state index in [2.05, 4.69) is 10.3 Å². The normalized spacial score (nSPS) is 16.8. The van der Waals surface area contributed by atoms with Crippen LogP contribution in [0, 0.1) is 0 Å². The average molecular weight is 459 g/mol. The lowest BCUT2D eigenvalue weighted by Gasteiger charge is -2.45. The molecule has 0 aliphatic carbocycles. The number of aromatic nitrogens is 1. The quantitative estimate of drug-likeness (QED) is 0.383. The van der Waals surface area contributed by atoms with E-state index in [-0.39, 0.29) is 5.78 Å². The number of carbonyl (C=O) groups is 1. The maximum absolute atomic E-state index is 12.0. The number of Topliss-reactive ketones (excluding diaryl/α,β-unsaturated/α-hetero) is 1. The molecule has 5 rings (SSSR count). The van der Waals surface area contributed by atoms with Gasteiger partial charge in [0, 0.05) is 28.8 Å². The van der Waals surface area contributed by atoms with Gasteiger partial charge in [-0.2, -0.15) is 0 Å². The van der Waals surface area contributed by atoms with Crippen LogP contribution in [0.2, 0.25) is 0 Å². The minimum atomic E-state index is -1.13. The lowest BCUT2D eigenvalue weighted by Crippen LogP contribution is -2.56. The van der Waals surface area contributed by atoms with E-state index in [1.54, 1.807) is 38.6 Å². The summed E-state index contributed by atoms with van der Waals surface area (Å²) in [5.41, 5.74) is 1.86. The van der Waals surface area contributed by atoms with Crippen LogP contribution in [0.3, 0.4) is 0 Å². The molecule has 7 heteroatoms. The molecule has 1 atom stereocenters. The van der Waals surface area contributed by atoms with Gasteiger partial charge in [0.05, 0.1) is 26.5 Å². The zero-order valence-corrected chi connectivity index (χ0v) is 19.3. The number of furan rings is 1. The van der Waals surface area contributed by atoms with Gasteiger partial charge in [-0.05, 0) is 31.5 Å². The Kier molecular flexibility index (Phi) is 5.59. The lowest BCUT2D eigenvalue weighted by molar-refractivity contribution is -0.178. The van der Waals surface area contributed by atoms with Crippen molar-refractivity contribution >= 4 is 22.6 Å². The van der Waals surface area contributed by atoms with Crippen LogP contribution in [0.15, 0.2) is 77.5 Å². The Bertz CT molecular complexity index is 1290. The number of rotatable bonds is 7. The Morgan fingerprint density at radius 3 is 2.44 bits per heavy atom. The Balaban J connectivity index is 1.76. The van der Waals surface area contributed by atoms with Crippen molar-refractivity contribution in [2.45, 2.75) is 25.2 Å². The summed E-state index contributed by atoms with van der Waals surface area (Å²) in [6, 6.07) is 19.1. The van der Waals surface area contributed by atoms with Crippen molar-refractivity contribution < 1.29 is 23.4 Å². The standard InChI is InChI=1S/C27H26N2O5/c1-18(30)19-8-10-21(11-9-19)27(26(2)32-12-13-33-26,22-15-23(31-3)17-28-16-22)29-25-14-20-6-4-5-7-24(20)34-25/h4-11,14-17,29H,12-13H2,1-3H3. The molecule has 0 radical (unpaired) electrons. The van der Waals surface area contributed by atoms with E-state index in [4.69, 9.17) is 18.6 Å². The van der Waals surface area contributed by atoms with Crippen molar-refractivity contribution in [2.75, 3.05) is 25.6 Å². The first-order valence-corrected chi connectivity index (χ1v) is 11.1. The number of para-hydroxylation sites is 1. The van der Waals surface area contributed by atoms with Gasteiger partial charge in [-0.3, -0.25) is 9.78 Å². The maximum atomic E-state index is 12.0. The highest BCUT2D eigenvalue weighted by Gasteiger charge is 2.56. The number of carbonyl (C=O) groups excluding carboxylic acids is 1. The van der Waals surface area contributed by atoms with Crippen LogP contribution in [0.25, 0.3) is 11.0 Å². The van der Waals surface area contributed by atoms with Crippen LogP contribution >= 0.6 is 0 Å². The Morgan fingerprint density at radius 1 is 1.03 bits per heavy atom. The SMILES string of the molecule is COc1cncc(C(Nc2cc3ccccc3o2)(c2ccc(C(C)=O)cc2)C2(C)OCCO2)c1. The largest absolute Gasteiger partial charge is 0.495 e. The topological polar surface area (TPSA) is 82.8 Å². The second kappa shape index (κ2) is 8.59. The molecular formula is C27H26N2O5. The Morgan fingerprint density at radius 2 is 1.76 bits per heavy atom. The molecule has 1 saturated heterocycles. The molecule has 0 bridgehead atoms. The predicted molar refractivity (Wildman–Crippen MR) is 128 cm³/mol. The number of hydrogen-bond donors (Lipinski definition) is 1. The number of methoxy groups -OCH3 is 1. The fourth-order valence-electron chi connectivity index (χ4n) is 4.60. The first-order valence-electron chi connectivity index (χ1n) is 11.1. The summed E-state index contributed by atoms with van der Waals surface area (Å²) in [6.07, 6.45) is 3.40. The monoisotopic (exact) mass is 458 g/mol. The van der Waals surface area contributed by atoms with Crippen molar-refractivity contribution in [1.82, 2.24) is 4.98 Å². The molecule has 1 N–H and O–H groups in total. The number of pyridine rings is 1. The van der Waals surface area contributed by atoms with Gasteiger partial charge >= 0.3 is 0 Å². The molecule has 0 saturated carbocycles. The minimum absolute atomic E-state index is 0.00924. The fourth-order valence-corrected chi connectivity index (χ4v) is 4.60. The van der Waals surface area contributed by atoms with Crippen LogP contribution in [0.5, 0.6) is 5.75 Å². The molecule has 1 aliphatic heterocycles. The number of nitrogens with one attached hydrogen (secondary N) is 1. The summed E-state index contributed by atoms with van der Waals surface area (Å²) in [7, 11) is 1.60. The zero-order chi connectivity index (χ0) is 23.8. The van der Waals surface area contributed by atoms with Crippen LogP contribution in [-0.2, 0) is 15.0 Å². The van der Waals surface area contributed by atoms with E-state index in [0.29, 0.717) is 30.4 Å². The smallest absolute Gasteiger partial charge is 0.197 e. The first-order chi connectivity index (χ1) is 16.4. The van der Waals surface area contributed by atoms with Crippen LogP contribution in [0.4, 0.5) is 5.88 Å². The summed E-state index contributed by atoms with van der Waals surface area (Å²) in [5, 5.41) is 4.57. The highest BCUT2D eigenvalue weighted by molar-refractivity contribution is 5.94. The Labute approximate surface area is 197 Å². The second-order valence-corrected chi connectivity index (χ2v) is 8.41. The number of anilines is 1. The van der Waals surface area contributed by atoms with E-state index >= 15 is 0 Å². The minimum Gasteiger partial charge on any atom is -0.495 e. The van der Waals surface area contributed by atoms with Gasteiger partial charge in [0.2, 0.25) is 0 Å². The highest BCUT2D eigenvalue weighted by Crippen LogP contribution is 2.48. The number of benzene rings is 2.